The number of hydrogen-bond donors (Lipinski definition) is 0. The number of amides is 1. The summed E-state index contributed by atoms with van der Waals surface area (Å²) in [7, 11) is 0. The van der Waals surface area contributed by atoms with E-state index >= 15 is 0 Å². The number of rotatable bonds is 3. The van der Waals surface area contributed by atoms with E-state index < -0.39 is 0 Å². The zero-order chi connectivity index (χ0) is 14.8. The molecule has 0 atom stereocenters. The number of thioether (sulfide) groups is 1. The molecule has 1 fully saturated rings. The van der Waals surface area contributed by atoms with Crippen LogP contribution < -0.4 is 4.90 Å². The number of anilines is 1. The SMILES string of the molecule is CCO/C=C1/SC(=S)N(c2ccc3ccccc3c2)C1=O. The highest BCUT2D eigenvalue weighted by atomic mass is 32.2. The highest BCUT2D eigenvalue weighted by Crippen LogP contribution is 2.35. The van der Waals surface area contributed by atoms with E-state index in [2.05, 4.69) is 0 Å². The van der Waals surface area contributed by atoms with E-state index in [-0.39, 0.29) is 5.91 Å². The Kier molecular flexibility index (Phi) is 3.94. The van der Waals surface area contributed by atoms with Crippen molar-refractivity contribution < 1.29 is 9.53 Å². The average molecular weight is 315 g/mol. The third kappa shape index (κ3) is 2.66. The Bertz CT molecular complexity index is 755. The Labute approximate surface area is 132 Å². The summed E-state index contributed by atoms with van der Waals surface area (Å²) in [5.74, 6) is -0.131. The molecule has 0 radical (unpaired) electrons. The topological polar surface area (TPSA) is 29.5 Å². The fourth-order valence-electron chi connectivity index (χ4n) is 2.15. The van der Waals surface area contributed by atoms with Crippen molar-refractivity contribution in [2.45, 2.75) is 6.92 Å². The van der Waals surface area contributed by atoms with Gasteiger partial charge in [0.25, 0.3) is 5.91 Å². The molecule has 2 aromatic rings. The van der Waals surface area contributed by atoms with Crippen LogP contribution in [0.25, 0.3) is 10.8 Å². The predicted molar refractivity (Wildman–Crippen MR) is 91.3 cm³/mol. The molecule has 0 spiro atoms. The molecule has 0 unspecified atom stereocenters. The van der Waals surface area contributed by atoms with Crippen LogP contribution in [-0.4, -0.2) is 16.8 Å². The van der Waals surface area contributed by atoms with Gasteiger partial charge < -0.3 is 4.74 Å². The molecule has 0 bridgehead atoms. The summed E-state index contributed by atoms with van der Waals surface area (Å²) in [5, 5.41) is 2.22. The summed E-state index contributed by atoms with van der Waals surface area (Å²) in [6.45, 7) is 2.40. The summed E-state index contributed by atoms with van der Waals surface area (Å²) in [4.78, 5) is 14.5. The molecule has 1 aliphatic heterocycles. The lowest BCUT2D eigenvalue weighted by molar-refractivity contribution is -0.113. The van der Waals surface area contributed by atoms with Crippen LogP contribution in [0.2, 0.25) is 0 Å². The van der Waals surface area contributed by atoms with Crippen LogP contribution in [0, 0.1) is 0 Å². The van der Waals surface area contributed by atoms with Gasteiger partial charge in [-0.3, -0.25) is 9.69 Å². The second kappa shape index (κ2) is 5.87. The first kappa shape index (κ1) is 14.1. The number of benzene rings is 2. The van der Waals surface area contributed by atoms with E-state index in [1.807, 2.05) is 49.4 Å². The van der Waals surface area contributed by atoms with Crippen LogP contribution in [0.5, 0.6) is 0 Å². The lowest BCUT2D eigenvalue weighted by Gasteiger charge is -2.15. The quantitative estimate of drug-likeness (QED) is 0.485. The van der Waals surface area contributed by atoms with Crippen molar-refractivity contribution in [3.63, 3.8) is 0 Å². The van der Waals surface area contributed by atoms with Gasteiger partial charge in [-0.1, -0.05) is 54.3 Å². The minimum Gasteiger partial charge on any atom is -0.500 e. The molecule has 106 valence electrons. The summed E-state index contributed by atoms with van der Waals surface area (Å²) in [5.41, 5.74) is 0.788. The van der Waals surface area contributed by atoms with Crippen LogP contribution >= 0.6 is 24.0 Å². The van der Waals surface area contributed by atoms with Gasteiger partial charge in [-0.15, -0.1) is 0 Å². The molecule has 21 heavy (non-hydrogen) atoms. The van der Waals surface area contributed by atoms with E-state index in [1.54, 1.807) is 4.90 Å². The Morgan fingerprint density at radius 3 is 2.76 bits per heavy atom. The third-order valence-electron chi connectivity index (χ3n) is 3.14. The first-order chi connectivity index (χ1) is 10.2. The van der Waals surface area contributed by atoms with Gasteiger partial charge in [-0.2, -0.15) is 0 Å². The largest absolute Gasteiger partial charge is 0.500 e. The van der Waals surface area contributed by atoms with Gasteiger partial charge in [-0.05, 0) is 29.8 Å². The zero-order valence-corrected chi connectivity index (χ0v) is 13.0. The van der Waals surface area contributed by atoms with Gasteiger partial charge in [0.05, 0.1) is 12.3 Å². The van der Waals surface area contributed by atoms with Gasteiger partial charge in [0.2, 0.25) is 0 Å². The second-order valence-corrected chi connectivity index (χ2v) is 6.15. The highest BCUT2D eigenvalue weighted by molar-refractivity contribution is 8.27. The standard InChI is InChI=1S/C16H13NO2S2/c1-2-19-10-14-15(18)17(16(20)21-14)13-8-7-11-5-3-4-6-12(11)9-13/h3-10H,2H2,1H3/b14-10+. The van der Waals surface area contributed by atoms with Crippen molar-refractivity contribution in [2.75, 3.05) is 11.5 Å². The van der Waals surface area contributed by atoms with E-state index in [1.165, 1.54) is 18.0 Å². The molecule has 5 heteroatoms. The first-order valence-corrected chi connectivity index (χ1v) is 7.80. The first-order valence-electron chi connectivity index (χ1n) is 6.57. The van der Waals surface area contributed by atoms with Crippen molar-refractivity contribution in [2.24, 2.45) is 0 Å². The molecule has 1 aliphatic rings. The maximum Gasteiger partial charge on any atom is 0.273 e. The van der Waals surface area contributed by atoms with Gasteiger partial charge >= 0.3 is 0 Å². The van der Waals surface area contributed by atoms with Crippen LogP contribution in [0.15, 0.2) is 53.6 Å². The van der Waals surface area contributed by atoms with Crippen molar-refractivity contribution >= 4 is 50.7 Å². The molecule has 1 saturated heterocycles. The molecule has 3 nitrogen and oxygen atoms in total. The highest BCUT2D eigenvalue weighted by Gasteiger charge is 2.33. The summed E-state index contributed by atoms with van der Waals surface area (Å²) < 4.78 is 5.73. The average Bonchev–Trinajstić information content (AvgIpc) is 2.79. The Balaban J connectivity index is 1.98. The van der Waals surface area contributed by atoms with Crippen molar-refractivity contribution in [3.05, 3.63) is 53.6 Å². The number of carbonyl (C=O) groups is 1. The molecule has 0 saturated carbocycles. The molecule has 2 aromatic carbocycles. The van der Waals surface area contributed by atoms with Crippen molar-refractivity contribution in [1.29, 1.82) is 0 Å². The normalized spacial score (nSPS) is 17.0. The summed E-state index contributed by atoms with van der Waals surface area (Å²) in [6, 6.07) is 13.9. The number of thiocarbonyl (C=S) groups is 1. The summed E-state index contributed by atoms with van der Waals surface area (Å²) >= 11 is 6.59. The predicted octanol–water partition coefficient (Wildman–Crippen LogP) is 4.08. The molecule has 3 rings (SSSR count). The minimum absolute atomic E-state index is 0.131. The molecule has 0 aromatic heterocycles. The molecular weight excluding hydrogens is 302 g/mol. The molecular formula is C16H13NO2S2. The lowest BCUT2D eigenvalue weighted by atomic mass is 10.1. The maximum absolute atomic E-state index is 12.4. The second-order valence-electron chi connectivity index (χ2n) is 4.48. The van der Waals surface area contributed by atoms with Gasteiger partial charge in [0, 0.05) is 0 Å². The number of nitrogens with zero attached hydrogens (tertiary/aromatic N) is 1. The number of ether oxygens (including phenoxy) is 1. The number of fused-ring (bicyclic) bond motifs is 1. The fourth-order valence-corrected chi connectivity index (χ4v) is 3.37. The van der Waals surface area contributed by atoms with Crippen molar-refractivity contribution in [3.8, 4) is 0 Å². The monoisotopic (exact) mass is 315 g/mol. The van der Waals surface area contributed by atoms with Gasteiger partial charge in [0.15, 0.2) is 4.32 Å². The number of carbonyl (C=O) groups excluding carboxylic acids is 1. The zero-order valence-electron chi connectivity index (χ0n) is 11.4. The van der Waals surface area contributed by atoms with E-state index in [4.69, 9.17) is 17.0 Å². The van der Waals surface area contributed by atoms with Crippen LogP contribution in [-0.2, 0) is 9.53 Å². The Morgan fingerprint density at radius 2 is 2.00 bits per heavy atom. The number of hydrogen-bond acceptors (Lipinski definition) is 4. The molecule has 1 heterocycles. The molecule has 0 N–H and O–H groups in total. The Hall–Kier alpha value is -1.85. The van der Waals surface area contributed by atoms with Crippen LogP contribution in [0.1, 0.15) is 6.92 Å². The minimum atomic E-state index is -0.131. The van der Waals surface area contributed by atoms with Crippen LogP contribution in [0.3, 0.4) is 0 Å². The molecule has 1 amide bonds. The van der Waals surface area contributed by atoms with Gasteiger partial charge in [-0.25, -0.2) is 0 Å². The Morgan fingerprint density at radius 1 is 1.24 bits per heavy atom. The fraction of sp³-hybridized carbons (Fsp3) is 0.125. The third-order valence-corrected chi connectivity index (χ3v) is 4.42. The maximum atomic E-state index is 12.4. The van der Waals surface area contributed by atoms with E-state index in [9.17, 15) is 4.79 Å². The van der Waals surface area contributed by atoms with Crippen molar-refractivity contribution in [1.82, 2.24) is 0 Å². The molecule has 0 aliphatic carbocycles. The van der Waals surface area contributed by atoms with Crippen LogP contribution in [0.4, 0.5) is 5.69 Å². The van der Waals surface area contributed by atoms with E-state index in [0.29, 0.717) is 15.8 Å². The summed E-state index contributed by atoms with van der Waals surface area (Å²) in [6.07, 6.45) is 1.49. The lowest BCUT2D eigenvalue weighted by Crippen LogP contribution is -2.27. The van der Waals surface area contributed by atoms with Gasteiger partial charge in [0.1, 0.15) is 11.2 Å². The smallest absolute Gasteiger partial charge is 0.273 e. The van der Waals surface area contributed by atoms with E-state index in [0.717, 1.165) is 16.5 Å².